The van der Waals surface area contributed by atoms with Crippen LogP contribution in [0.15, 0.2) is 53.4 Å². The highest BCUT2D eigenvalue weighted by Crippen LogP contribution is 2.31. The van der Waals surface area contributed by atoms with Crippen LogP contribution in [0.2, 0.25) is 0 Å². The third-order valence-corrected chi connectivity index (χ3v) is 4.96. The number of fused-ring (bicyclic) bond motifs is 1. The Morgan fingerprint density at radius 3 is 2.46 bits per heavy atom. The van der Waals surface area contributed by atoms with Crippen LogP contribution in [0.1, 0.15) is 15.9 Å². The Morgan fingerprint density at radius 2 is 1.82 bits per heavy atom. The number of nitro groups is 1. The summed E-state index contributed by atoms with van der Waals surface area (Å²) < 4.78 is 32.4. The van der Waals surface area contributed by atoms with Gasteiger partial charge in [-0.25, -0.2) is 0 Å². The minimum Gasteiger partial charge on any atom is -0.508 e. The van der Waals surface area contributed by atoms with E-state index in [4.69, 9.17) is 0 Å². The Hall–Kier alpha value is -3.50. The fourth-order valence-corrected chi connectivity index (χ4v) is 3.27. The lowest BCUT2D eigenvalue weighted by molar-refractivity contribution is -0.385. The van der Waals surface area contributed by atoms with Gasteiger partial charge in [-0.2, -0.15) is 8.42 Å². The maximum absolute atomic E-state index is 12.6. The number of hydrogen-bond acceptors (Lipinski definition) is 6. The standard InChI is InChI=1S/C18H14N2O7S/c1-10-2-3-11(8-17(10)20(23)24)18(22)19-16-9-14(28(25,26)27)7-12-6-13(21)4-5-15(12)16/h2-9,21H,1H3,(H,19,22)(H,25,26,27). The average Bonchev–Trinajstić information content (AvgIpc) is 2.60. The summed E-state index contributed by atoms with van der Waals surface area (Å²) >= 11 is 0. The molecule has 0 heterocycles. The summed E-state index contributed by atoms with van der Waals surface area (Å²) in [6.45, 7) is 1.54. The van der Waals surface area contributed by atoms with Gasteiger partial charge in [0.1, 0.15) is 5.75 Å². The van der Waals surface area contributed by atoms with Gasteiger partial charge >= 0.3 is 0 Å². The molecular weight excluding hydrogens is 388 g/mol. The van der Waals surface area contributed by atoms with Gasteiger partial charge in [0.15, 0.2) is 0 Å². The van der Waals surface area contributed by atoms with E-state index in [2.05, 4.69) is 5.32 Å². The van der Waals surface area contributed by atoms with E-state index in [0.29, 0.717) is 10.9 Å². The first-order valence-corrected chi connectivity index (χ1v) is 9.31. The topological polar surface area (TPSA) is 147 Å². The van der Waals surface area contributed by atoms with Crippen molar-refractivity contribution < 1.29 is 27.8 Å². The molecule has 9 nitrogen and oxygen atoms in total. The minimum absolute atomic E-state index is 0.00138. The predicted octanol–water partition coefficient (Wildman–Crippen LogP) is 3.26. The number of anilines is 1. The molecule has 0 saturated carbocycles. The van der Waals surface area contributed by atoms with Crippen molar-refractivity contribution in [3.05, 3.63) is 69.8 Å². The van der Waals surface area contributed by atoms with Crippen molar-refractivity contribution in [2.45, 2.75) is 11.8 Å². The van der Waals surface area contributed by atoms with E-state index in [0.717, 1.165) is 18.2 Å². The molecule has 0 aliphatic carbocycles. The Morgan fingerprint density at radius 1 is 1.11 bits per heavy atom. The largest absolute Gasteiger partial charge is 0.508 e. The molecular formula is C18H14N2O7S. The molecule has 0 saturated heterocycles. The van der Waals surface area contributed by atoms with Crippen molar-refractivity contribution in [1.29, 1.82) is 0 Å². The van der Waals surface area contributed by atoms with E-state index >= 15 is 0 Å². The molecule has 144 valence electrons. The second-order valence-electron chi connectivity index (χ2n) is 6.06. The Bertz CT molecular complexity index is 1240. The molecule has 0 aliphatic heterocycles. The second-order valence-corrected chi connectivity index (χ2v) is 7.49. The highest BCUT2D eigenvalue weighted by molar-refractivity contribution is 7.85. The first-order chi connectivity index (χ1) is 13.1. The third-order valence-electron chi connectivity index (χ3n) is 4.12. The second kappa shape index (κ2) is 6.91. The molecule has 1 amide bonds. The van der Waals surface area contributed by atoms with Gasteiger partial charge < -0.3 is 10.4 Å². The molecule has 0 unspecified atom stereocenters. The average molecular weight is 402 g/mol. The van der Waals surface area contributed by atoms with Gasteiger partial charge in [0.2, 0.25) is 0 Å². The molecule has 0 bridgehead atoms. The minimum atomic E-state index is -4.58. The van der Waals surface area contributed by atoms with Crippen molar-refractivity contribution in [1.82, 2.24) is 0 Å². The fraction of sp³-hybridized carbons (Fsp3) is 0.0556. The van der Waals surface area contributed by atoms with E-state index in [1.165, 1.54) is 37.3 Å². The number of nitrogens with one attached hydrogen (secondary N) is 1. The molecule has 28 heavy (non-hydrogen) atoms. The van der Waals surface area contributed by atoms with Crippen LogP contribution in [-0.4, -0.2) is 28.9 Å². The number of nitro benzene ring substituents is 1. The Kier molecular flexibility index (Phi) is 4.75. The summed E-state index contributed by atoms with van der Waals surface area (Å²) in [6, 6.07) is 10.2. The predicted molar refractivity (Wildman–Crippen MR) is 101 cm³/mol. The first kappa shape index (κ1) is 19.3. The summed E-state index contributed by atoms with van der Waals surface area (Å²) in [7, 11) is -4.58. The van der Waals surface area contributed by atoms with Gasteiger partial charge in [-0.05, 0) is 48.7 Å². The zero-order valence-corrected chi connectivity index (χ0v) is 15.2. The molecule has 0 aromatic heterocycles. The highest BCUT2D eigenvalue weighted by atomic mass is 32.2. The summed E-state index contributed by atoms with van der Waals surface area (Å²) in [5.41, 5.74) is 0.213. The van der Waals surface area contributed by atoms with Crippen molar-refractivity contribution in [2.75, 3.05) is 5.32 Å². The van der Waals surface area contributed by atoms with Crippen LogP contribution >= 0.6 is 0 Å². The molecule has 3 aromatic carbocycles. The van der Waals surface area contributed by atoms with Crippen LogP contribution in [0.3, 0.4) is 0 Å². The van der Waals surface area contributed by atoms with Gasteiger partial charge in [0.05, 0.1) is 15.5 Å². The zero-order valence-electron chi connectivity index (χ0n) is 14.4. The number of aryl methyl sites for hydroxylation is 1. The first-order valence-electron chi connectivity index (χ1n) is 7.87. The van der Waals surface area contributed by atoms with E-state index in [1.807, 2.05) is 0 Å². The number of aromatic hydroxyl groups is 1. The molecule has 0 spiro atoms. The lowest BCUT2D eigenvalue weighted by Gasteiger charge is -2.11. The van der Waals surface area contributed by atoms with Gasteiger partial charge in [-0.1, -0.05) is 6.07 Å². The highest BCUT2D eigenvalue weighted by Gasteiger charge is 2.18. The van der Waals surface area contributed by atoms with Gasteiger partial charge in [0.25, 0.3) is 21.7 Å². The maximum atomic E-state index is 12.6. The molecule has 0 radical (unpaired) electrons. The number of nitrogens with zero attached hydrogens (tertiary/aromatic N) is 1. The summed E-state index contributed by atoms with van der Waals surface area (Å²) in [4.78, 5) is 22.6. The molecule has 3 rings (SSSR count). The molecule has 10 heteroatoms. The van der Waals surface area contributed by atoms with Crippen molar-refractivity contribution >= 4 is 38.2 Å². The number of rotatable bonds is 4. The molecule has 3 N–H and O–H groups in total. The summed E-state index contributed by atoms with van der Waals surface area (Å²) in [6.07, 6.45) is 0. The van der Waals surface area contributed by atoms with Crippen LogP contribution in [0, 0.1) is 17.0 Å². The van der Waals surface area contributed by atoms with E-state index in [-0.39, 0.29) is 28.1 Å². The van der Waals surface area contributed by atoms with Gasteiger partial charge in [0, 0.05) is 22.6 Å². The van der Waals surface area contributed by atoms with Gasteiger partial charge in [-0.3, -0.25) is 19.5 Å². The Balaban J connectivity index is 2.10. The quantitative estimate of drug-likeness (QED) is 0.345. The fourth-order valence-electron chi connectivity index (χ4n) is 2.72. The molecule has 0 fully saturated rings. The lowest BCUT2D eigenvalue weighted by Crippen LogP contribution is -2.13. The summed E-state index contributed by atoms with van der Waals surface area (Å²) in [5, 5.41) is 23.9. The molecule has 0 atom stereocenters. The number of carbonyl (C=O) groups excluding carboxylic acids is 1. The normalized spacial score (nSPS) is 11.4. The number of benzene rings is 3. The monoisotopic (exact) mass is 402 g/mol. The number of phenolic OH excluding ortho intramolecular Hbond substituents is 1. The van der Waals surface area contributed by atoms with E-state index in [1.54, 1.807) is 0 Å². The van der Waals surface area contributed by atoms with Crippen molar-refractivity contribution in [2.24, 2.45) is 0 Å². The van der Waals surface area contributed by atoms with Crippen LogP contribution in [0.5, 0.6) is 5.75 Å². The number of amides is 1. The summed E-state index contributed by atoms with van der Waals surface area (Å²) in [5.74, 6) is -0.837. The number of hydrogen-bond donors (Lipinski definition) is 3. The van der Waals surface area contributed by atoms with Crippen LogP contribution in [0.25, 0.3) is 10.8 Å². The van der Waals surface area contributed by atoms with E-state index in [9.17, 15) is 33.0 Å². The van der Waals surface area contributed by atoms with Crippen LogP contribution in [0.4, 0.5) is 11.4 Å². The number of carbonyl (C=O) groups is 1. The van der Waals surface area contributed by atoms with Gasteiger partial charge in [-0.15, -0.1) is 0 Å². The Labute approximate surface area is 159 Å². The van der Waals surface area contributed by atoms with Crippen molar-refractivity contribution in [3.63, 3.8) is 0 Å². The van der Waals surface area contributed by atoms with E-state index < -0.39 is 25.8 Å². The van der Waals surface area contributed by atoms with Crippen LogP contribution < -0.4 is 5.32 Å². The van der Waals surface area contributed by atoms with Crippen molar-refractivity contribution in [3.8, 4) is 5.75 Å². The lowest BCUT2D eigenvalue weighted by atomic mass is 10.1. The zero-order chi connectivity index (χ0) is 20.6. The third kappa shape index (κ3) is 3.77. The smallest absolute Gasteiger partial charge is 0.294 e. The maximum Gasteiger partial charge on any atom is 0.294 e. The van der Waals surface area contributed by atoms with Crippen LogP contribution in [-0.2, 0) is 10.1 Å². The SMILES string of the molecule is Cc1ccc(C(=O)Nc2cc(S(=O)(=O)O)cc3cc(O)ccc23)cc1[N+](=O)[O-]. The molecule has 0 aliphatic rings. The molecule has 3 aromatic rings. The number of phenols is 1.